The number of anilines is 1. The van der Waals surface area contributed by atoms with Crippen LogP contribution in [0.4, 0.5) is 10.1 Å². The van der Waals surface area contributed by atoms with Crippen LogP contribution in [0.5, 0.6) is 5.75 Å². The van der Waals surface area contributed by atoms with Crippen LogP contribution in [0, 0.1) is 17.1 Å². The second-order valence-corrected chi connectivity index (χ2v) is 4.55. The Labute approximate surface area is 121 Å². The first-order valence-corrected chi connectivity index (χ1v) is 6.28. The van der Waals surface area contributed by atoms with Crippen molar-refractivity contribution in [1.29, 1.82) is 5.26 Å². The van der Waals surface area contributed by atoms with Crippen LogP contribution in [0.25, 0.3) is 0 Å². The van der Waals surface area contributed by atoms with Crippen LogP contribution in [0.2, 0.25) is 5.02 Å². The molecule has 0 aliphatic heterocycles. The molecule has 0 aliphatic carbocycles. The van der Waals surface area contributed by atoms with Crippen molar-refractivity contribution in [2.75, 3.05) is 12.4 Å². The zero-order valence-corrected chi connectivity index (χ0v) is 11.5. The predicted molar refractivity (Wildman–Crippen MR) is 76.4 cm³/mol. The Bertz CT molecular complexity index is 667. The van der Waals surface area contributed by atoms with E-state index < -0.39 is 5.82 Å². The number of hydrogen-bond acceptors (Lipinski definition) is 3. The standard InChI is InChI=1S/C15H12ClFN2O/c1-20-15-5-3-12(16)7-11(15)9-19-14-4-2-10(8-18)6-13(14)17/h2-7,19H,9H2,1H3. The first kappa shape index (κ1) is 14.2. The van der Waals surface area contributed by atoms with Crippen LogP contribution in [-0.4, -0.2) is 7.11 Å². The lowest BCUT2D eigenvalue weighted by Crippen LogP contribution is -2.03. The molecule has 0 unspecified atom stereocenters. The van der Waals surface area contributed by atoms with E-state index in [0.717, 1.165) is 5.56 Å². The van der Waals surface area contributed by atoms with E-state index >= 15 is 0 Å². The molecule has 0 atom stereocenters. The second-order valence-electron chi connectivity index (χ2n) is 4.12. The molecular weight excluding hydrogens is 279 g/mol. The van der Waals surface area contributed by atoms with E-state index in [-0.39, 0.29) is 5.56 Å². The number of methoxy groups -OCH3 is 1. The smallest absolute Gasteiger partial charge is 0.147 e. The van der Waals surface area contributed by atoms with Gasteiger partial charge in [0.05, 0.1) is 24.4 Å². The minimum atomic E-state index is -0.468. The first-order valence-electron chi connectivity index (χ1n) is 5.90. The molecule has 0 radical (unpaired) electrons. The molecule has 2 aromatic carbocycles. The highest BCUT2D eigenvalue weighted by Crippen LogP contribution is 2.24. The van der Waals surface area contributed by atoms with Gasteiger partial charge in [0.2, 0.25) is 0 Å². The van der Waals surface area contributed by atoms with Crippen molar-refractivity contribution in [3.05, 3.63) is 58.4 Å². The van der Waals surface area contributed by atoms with Crippen molar-refractivity contribution >= 4 is 17.3 Å². The van der Waals surface area contributed by atoms with Gasteiger partial charge in [-0.1, -0.05) is 11.6 Å². The maximum atomic E-state index is 13.7. The number of nitrogens with zero attached hydrogens (tertiary/aromatic N) is 1. The average Bonchev–Trinajstić information content (AvgIpc) is 2.46. The van der Waals surface area contributed by atoms with Gasteiger partial charge < -0.3 is 10.1 Å². The average molecular weight is 291 g/mol. The molecule has 2 rings (SSSR count). The molecule has 0 fully saturated rings. The summed E-state index contributed by atoms with van der Waals surface area (Å²) >= 11 is 5.93. The molecule has 0 amide bonds. The topological polar surface area (TPSA) is 45.0 Å². The van der Waals surface area contributed by atoms with Crippen LogP contribution in [0.1, 0.15) is 11.1 Å². The number of benzene rings is 2. The molecule has 5 heteroatoms. The van der Waals surface area contributed by atoms with E-state index in [1.165, 1.54) is 12.1 Å². The van der Waals surface area contributed by atoms with Gasteiger partial charge in [-0.15, -0.1) is 0 Å². The Balaban J connectivity index is 2.17. The van der Waals surface area contributed by atoms with Crippen LogP contribution in [-0.2, 0) is 6.54 Å². The molecule has 20 heavy (non-hydrogen) atoms. The van der Waals surface area contributed by atoms with Crippen molar-refractivity contribution in [2.24, 2.45) is 0 Å². The van der Waals surface area contributed by atoms with Gasteiger partial charge in [0.25, 0.3) is 0 Å². The highest BCUT2D eigenvalue weighted by atomic mass is 35.5. The summed E-state index contributed by atoms with van der Waals surface area (Å²) in [6.07, 6.45) is 0. The second kappa shape index (κ2) is 6.27. The van der Waals surface area contributed by atoms with Crippen LogP contribution >= 0.6 is 11.6 Å². The molecule has 3 nitrogen and oxygen atoms in total. The quantitative estimate of drug-likeness (QED) is 0.926. The lowest BCUT2D eigenvalue weighted by Gasteiger charge is -2.11. The normalized spacial score (nSPS) is 9.90. The summed E-state index contributed by atoms with van der Waals surface area (Å²) < 4.78 is 19.0. The molecular formula is C15H12ClFN2O. The number of hydrogen-bond donors (Lipinski definition) is 1. The Morgan fingerprint density at radius 1 is 1.30 bits per heavy atom. The Morgan fingerprint density at radius 3 is 2.75 bits per heavy atom. The maximum absolute atomic E-state index is 13.7. The molecule has 0 aromatic heterocycles. The van der Waals surface area contributed by atoms with Crippen LogP contribution < -0.4 is 10.1 Å². The highest BCUT2D eigenvalue weighted by molar-refractivity contribution is 6.30. The molecule has 0 bridgehead atoms. The van der Waals surface area contributed by atoms with Crippen molar-refractivity contribution in [3.63, 3.8) is 0 Å². The summed E-state index contributed by atoms with van der Waals surface area (Å²) in [4.78, 5) is 0. The third-order valence-corrected chi connectivity index (χ3v) is 3.05. The molecule has 1 N–H and O–H groups in total. The fraction of sp³-hybridized carbons (Fsp3) is 0.133. The monoisotopic (exact) mass is 290 g/mol. The number of ether oxygens (including phenoxy) is 1. The summed E-state index contributed by atoms with van der Waals surface area (Å²) in [5.41, 5.74) is 1.43. The summed E-state index contributed by atoms with van der Waals surface area (Å²) in [5, 5.41) is 12.2. The fourth-order valence-corrected chi connectivity index (χ4v) is 2.00. The summed E-state index contributed by atoms with van der Waals surface area (Å²) in [6.45, 7) is 0.368. The minimum Gasteiger partial charge on any atom is -0.496 e. The van der Waals surface area contributed by atoms with Crippen molar-refractivity contribution in [3.8, 4) is 11.8 Å². The number of nitriles is 1. The van der Waals surface area contributed by atoms with E-state index in [2.05, 4.69) is 5.32 Å². The lowest BCUT2D eigenvalue weighted by molar-refractivity contribution is 0.410. The first-order chi connectivity index (χ1) is 9.63. The SMILES string of the molecule is COc1ccc(Cl)cc1CNc1ccc(C#N)cc1F. The molecule has 0 spiro atoms. The van der Waals surface area contributed by atoms with E-state index in [0.29, 0.717) is 23.0 Å². The zero-order chi connectivity index (χ0) is 14.5. The molecule has 0 aliphatic rings. The lowest BCUT2D eigenvalue weighted by atomic mass is 10.1. The Morgan fingerprint density at radius 2 is 2.10 bits per heavy atom. The molecule has 0 heterocycles. The Kier molecular flexibility index (Phi) is 4.44. The molecule has 0 saturated heterocycles. The van der Waals surface area contributed by atoms with Gasteiger partial charge in [-0.2, -0.15) is 5.26 Å². The summed E-state index contributed by atoms with van der Waals surface area (Å²) in [6, 6.07) is 11.4. The highest BCUT2D eigenvalue weighted by Gasteiger charge is 2.07. The molecule has 2 aromatic rings. The maximum Gasteiger partial charge on any atom is 0.147 e. The predicted octanol–water partition coefficient (Wildman–Crippen LogP) is 3.97. The van der Waals surface area contributed by atoms with Crippen molar-refractivity contribution in [2.45, 2.75) is 6.54 Å². The molecule has 0 saturated carbocycles. The van der Waals surface area contributed by atoms with E-state index in [4.69, 9.17) is 21.6 Å². The number of nitrogens with one attached hydrogen (secondary N) is 1. The van der Waals surface area contributed by atoms with Gasteiger partial charge in [0.15, 0.2) is 0 Å². The molecule has 102 valence electrons. The third kappa shape index (κ3) is 3.19. The van der Waals surface area contributed by atoms with Gasteiger partial charge in [-0.3, -0.25) is 0 Å². The van der Waals surface area contributed by atoms with E-state index in [9.17, 15) is 4.39 Å². The van der Waals surface area contributed by atoms with Crippen molar-refractivity contribution < 1.29 is 9.13 Å². The fourth-order valence-electron chi connectivity index (χ4n) is 1.80. The van der Waals surface area contributed by atoms with Gasteiger partial charge in [0.1, 0.15) is 11.6 Å². The number of halogens is 2. The zero-order valence-electron chi connectivity index (χ0n) is 10.8. The van der Waals surface area contributed by atoms with Crippen LogP contribution in [0.3, 0.4) is 0 Å². The third-order valence-electron chi connectivity index (χ3n) is 2.81. The summed E-state index contributed by atoms with van der Waals surface area (Å²) in [7, 11) is 1.56. The van der Waals surface area contributed by atoms with Gasteiger partial charge in [-0.25, -0.2) is 4.39 Å². The van der Waals surface area contributed by atoms with Crippen molar-refractivity contribution in [1.82, 2.24) is 0 Å². The Hall–Kier alpha value is -2.25. The largest absolute Gasteiger partial charge is 0.496 e. The van der Waals surface area contributed by atoms with E-state index in [1.807, 2.05) is 6.07 Å². The van der Waals surface area contributed by atoms with Gasteiger partial charge in [0, 0.05) is 17.1 Å². The van der Waals surface area contributed by atoms with E-state index in [1.54, 1.807) is 31.4 Å². The van der Waals surface area contributed by atoms with Crippen LogP contribution in [0.15, 0.2) is 36.4 Å². The minimum absolute atomic E-state index is 0.286. The summed E-state index contributed by atoms with van der Waals surface area (Å²) in [5.74, 6) is 0.209. The van der Waals surface area contributed by atoms with Gasteiger partial charge >= 0.3 is 0 Å². The van der Waals surface area contributed by atoms with Gasteiger partial charge in [-0.05, 0) is 36.4 Å². The number of rotatable bonds is 4.